The van der Waals surface area contributed by atoms with Crippen LogP contribution in [0, 0.1) is 0 Å². The van der Waals surface area contributed by atoms with Gasteiger partial charge in [0.1, 0.15) is 17.2 Å². The van der Waals surface area contributed by atoms with Crippen LogP contribution in [0.15, 0.2) is 17.1 Å². The quantitative estimate of drug-likeness (QED) is 0.308. The number of rotatable bonds is 8. The number of ether oxygens (including phenoxy) is 3. The Bertz CT molecular complexity index is 606. The fourth-order valence-corrected chi connectivity index (χ4v) is 4.34. The summed E-state index contributed by atoms with van der Waals surface area (Å²) in [5.41, 5.74) is 1.02. The first kappa shape index (κ1) is 25.0. The summed E-state index contributed by atoms with van der Waals surface area (Å²) in [4.78, 5) is 4.38. The van der Waals surface area contributed by atoms with E-state index in [0.717, 1.165) is 47.0 Å². The molecular weight excluding hydrogens is 489 g/mol. The minimum Gasteiger partial charge on any atom is -0.496 e. The van der Waals surface area contributed by atoms with Crippen molar-refractivity contribution < 1.29 is 14.2 Å². The molecule has 0 heterocycles. The van der Waals surface area contributed by atoms with Crippen LogP contribution < -0.4 is 24.8 Å². The molecule has 2 rings (SSSR count). The van der Waals surface area contributed by atoms with Crippen LogP contribution in [0.3, 0.4) is 0 Å². The van der Waals surface area contributed by atoms with Gasteiger partial charge in [-0.05, 0) is 31.9 Å². The summed E-state index contributed by atoms with van der Waals surface area (Å²) < 4.78 is 16.4. The topological polar surface area (TPSA) is 64.1 Å². The van der Waals surface area contributed by atoms with Gasteiger partial charge in [-0.15, -0.1) is 24.0 Å². The van der Waals surface area contributed by atoms with Crippen molar-refractivity contribution in [1.29, 1.82) is 0 Å². The monoisotopic (exact) mass is 523 g/mol. The lowest BCUT2D eigenvalue weighted by Crippen LogP contribution is -2.46. The number of halogens is 1. The lowest BCUT2D eigenvalue weighted by Gasteiger charge is -2.29. The molecule has 2 unspecified atom stereocenters. The van der Waals surface area contributed by atoms with Gasteiger partial charge in [0.25, 0.3) is 0 Å². The van der Waals surface area contributed by atoms with Crippen LogP contribution >= 0.6 is 35.7 Å². The number of benzene rings is 1. The Balaban J connectivity index is 0.00000392. The third-order valence-corrected chi connectivity index (χ3v) is 6.10. The van der Waals surface area contributed by atoms with Crippen molar-refractivity contribution in [3.8, 4) is 17.2 Å². The summed E-state index contributed by atoms with van der Waals surface area (Å²) in [5.74, 6) is 3.11. The molecule has 1 saturated carbocycles. The van der Waals surface area contributed by atoms with Gasteiger partial charge in [0.05, 0.1) is 21.3 Å². The number of nitrogens with zero attached hydrogens (tertiary/aromatic N) is 1. The molecule has 0 radical (unpaired) electrons. The van der Waals surface area contributed by atoms with Gasteiger partial charge in [-0.3, -0.25) is 4.99 Å². The first-order chi connectivity index (χ1) is 13.1. The van der Waals surface area contributed by atoms with E-state index in [0.29, 0.717) is 6.04 Å². The molecule has 0 bridgehead atoms. The predicted octanol–water partition coefficient (Wildman–Crippen LogP) is 3.71. The highest BCUT2D eigenvalue weighted by Gasteiger charge is 2.22. The molecule has 8 heteroatoms. The van der Waals surface area contributed by atoms with E-state index < -0.39 is 0 Å². The standard InChI is InChI=1S/C20H33N3O3S.HI/c1-21-20(23-14-7-6-8-16(11-14)27-5)22-10-9-17-18(25-3)12-15(24-2)13-19(17)26-4;/h12-14,16H,6-11H2,1-5H3,(H2,21,22,23);1H. The van der Waals surface area contributed by atoms with Crippen molar-refractivity contribution in [2.24, 2.45) is 4.99 Å². The Labute approximate surface area is 190 Å². The number of guanidine groups is 1. The van der Waals surface area contributed by atoms with Gasteiger partial charge in [-0.1, -0.05) is 6.42 Å². The Morgan fingerprint density at radius 1 is 1.14 bits per heavy atom. The molecule has 1 aliphatic carbocycles. The third-order valence-electron chi connectivity index (χ3n) is 5.01. The minimum absolute atomic E-state index is 0. The molecule has 0 amide bonds. The van der Waals surface area contributed by atoms with Crippen molar-refractivity contribution >= 4 is 41.7 Å². The maximum absolute atomic E-state index is 5.52. The minimum atomic E-state index is 0. The number of thioether (sulfide) groups is 1. The van der Waals surface area contributed by atoms with Crippen LogP contribution in [-0.4, -0.2) is 58.4 Å². The number of nitrogens with one attached hydrogen (secondary N) is 2. The summed E-state index contributed by atoms with van der Waals surface area (Å²) in [6, 6.07) is 4.26. The Kier molecular flexibility index (Phi) is 11.8. The smallest absolute Gasteiger partial charge is 0.191 e. The van der Waals surface area contributed by atoms with Crippen molar-refractivity contribution in [1.82, 2.24) is 10.6 Å². The van der Waals surface area contributed by atoms with E-state index in [1.807, 2.05) is 30.9 Å². The average molecular weight is 523 g/mol. The van der Waals surface area contributed by atoms with E-state index >= 15 is 0 Å². The molecule has 0 saturated heterocycles. The first-order valence-electron chi connectivity index (χ1n) is 9.44. The van der Waals surface area contributed by atoms with Gasteiger partial charge >= 0.3 is 0 Å². The van der Waals surface area contributed by atoms with Crippen LogP contribution in [0.2, 0.25) is 0 Å². The Hall–Kier alpha value is -1.03. The van der Waals surface area contributed by atoms with Gasteiger partial charge in [0, 0.05) is 42.6 Å². The zero-order chi connectivity index (χ0) is 19.6. The predicted molar refractivity (Wildman–Crippen MR) is 129 cm³/mol. The highest BCUT2D eigenvalue weighted by molar-refractivity contribution is 14.0. The summed E-state index contributed by atoms with van der Waals surface area (Å²) >= 11 is 1.97. The molecule has 2 atom stereocenters. The van der Waals surface area contributed by atoms with E-state index in [4.69, 9.17) is 14.2 Å². The van der Waals surface area contributed by atoms with Gasteiger partial charge in [-0.25, -0.2) is 0 Å². The van der Waals surface area contributed by atoms with Crippen LogP contribution in [-0.2, 0) is 6.42 Å². The largest absolute Gasteiger partial charge is 0.496 e. The van der Waals surface area contributed by atoms with E-state index in [1.165, 1.54) is 25.7 Å². The lowest BCUT2D eigenvalue weighted by molar-refractivity contribution is 0.368. The maximum Gasteiger partial charge on any atom is 0.191 e. The van der Waals surface area contributed by atoms with Crippen LogP contribution in [0.1, 0.15) is 31.2 Å². The molecule has 160 valence electrons. The molecular formula is C20H34IN3O3S. The summed E-state index contributed by atoms with van der Waals surface area (Å²) in [5, 5.41) is 7.75. The molecule has 1 aromatic rings. The highest BCUT2D eigenvalue weighted by atomic mass is 127. The van der Waals surface area contributed by atoms with E-state index in [1.54, 1.807) is 21.3 Å². The lowest BCUT2D eigenvalue weighted by atomic mass is 9.95. The SMILES string of the molecule is CN=C(NCCc1c(OC)cc(OC)cc1OC)NC1CCCC(SC)C1.I. The van der Waals surface area contributed by atoms with Crippen LogP contribution in [0.4, 0.5) is 0 Å². The van der Waals surface area contributed by atoms with Crippen molar-refractivity contribution in [2.75, 3.05) is 41.2 Å². The number of hydrogen-bond acceptors (Lipinski definition) is 5. The summed E-state index contributed by atoms with van der Waals surface area (Å²) in [6.07, 6.45) is 7.97. The number of hydrogen-bond donors (Lipinski definition) is 2. The van der Waals surface area contributed by atoms with Gasteiger partial charge in [-0.2, -0.15) is 11.8 Å². The molecule has 2 N–H and O–H groups in total. The fourth-order valence-electron chi connectivity index (χ4n) is 3.51. The van der Waals surface area contributed by atoms with Crippen LogP contribution in [0.5, 0.6) is 17.2 Å². The molecule has 0 spiro atoms. The highest BCUT2D eigenvalue weighted by Crippen LogP contribution is 2.34. The zero-order valence-electron chi connectivity index (χ0n) is 17.5. The second-order valence-corrected chi connectivity index (χ2v) is 7.76. The number of aliphatic imine (C=N–C) groups is 1. The molecule has 0 aliphatic heterocycles. The molecule has 6 nitrogen and oxygen atoms in total. The zero-order valence-corrected chi connectivity index (χ0v) is 20.7. The second kappa shape index (κ2) is 13.2. The van der Waals surface area contributed by atoms with Gasteiger partial charge in [0.2, 0.25) is 0 Å². The summed E-state index contributed by atoms with van der Waals surface area (Å²) in [7, 11) is 6.78. The van der Waals surface area contributed by atoms with Gasteiger partial charge < -0.3 is 24.8 Å². The normalized spacial score (nSPS) is 19.4. The van der Waals surface area contributed by atoms with Gasteiger partial charge in [0.15, 0.2) is 5.96 Å². The third kappa shape index (κ3) is 7.09. The average Bonchev–Trinajstić information content (AvgIpc) is 2.72. The molecule has 0 aromatic heterocycles. The molecule has 28 heavy (non-hydrogen) atoms. The van der Waals surface area contributed by atoms with Crippen molar-refractivity contribution in [3.05, 3.63) is 17.7 Å². The molecule has 1 aromatic carbocycles. The first-order valence-corrected chi connectivity index (χ1v) is 10.7. The maximum atomic E-state index is 5.52. The van der Waals surface area contributed by atoms with E-state index in [9.17, 15) is 0 Å². The second-order valence-electron chi connectivity index (χ2n) is 6.63. The van der Waals surface area contributed by atoms with E-state index in [-0.39, 0.29) is 24.0 Å². The van der Waals surface area contributed by atoms with Crippen molar-refractivity contribution in [3.63, 3.8) is 0 Å². The molecule has 1 fully saturated rings. The Morgan fingerprint density at radius 2 is 1.82 bits per heavy atom. The summed E-state index contributed by atoms with van der Waals surface area (Å²) in [6.45, 7) is 0.734. The fraction of sp³-hybridized carbons (Fsp3) is 0.650. The van der Waals surface area contributed by atoms with Crippen LogP contribution in [0.25, 0.3) is 0 Å². The molecule has 1 aliphatic rings. The number of methoxy groups -OCH3 is 3. The van der Waals surface area contributed by atoms with E-state index in [2.05, 4.69) is 21.9 Å². The Morgan fingerprint density at radius 3 is 2.36 bits per heavy atom. The van der Waals surface area contributed by atoms with Crippen molar-refractivity contribution in [2.45, 2.75) is 43.4 Å².